The van der Waals surface area contributed by atoms with Crippen molar-refractivity contribution in [2.75, 3.05) is 31.1 Å². The third-order valence-electron chi connectivity index (χ3n) is 4.78. The van der Waals surface area contributed by atoms with Gasteiger partial charge in [-0.2, -0.15) is 0 Å². The number of hydrogen-bond donors (Lipinski definition) is 2. The predicted molar refractivity (Wildman–Crippen MR) is 112 cm³/mol. The molecule has 148 valence electrons. The maximum Gasteiger partial charge on any atom is 0.318 e. The third-order valence-corrected chi connectivity index (χ3v) is 5.01. The van der Waals surface area contributed by atoms with Crippen molar-refractivity contribution in [3.05, 3.63) is 65.2 Å². The maximum atomic E-state index is 12.5. The molecule has 0 unspecified atom stereocenters. The molecule has 6 nitrogen and oxygen atoms in total. The predicted octanol–water partition coefficient (Wildman–Crippen LogP) is 2.88. The van der Waals surface area contributed by atoms with Gasteiger partial charge < -0.3 is 20.4 Å². The van der Waals surface area contributed by atoms with Gasteiger partial charge in [0.2, 0.25) is 5.91 Å². The van der Waals surface area contributed by atoms with Crippen LogP contribution in [-0.4, -0.2) is 49.1 Å². The Hall–Kier alpha value is -2.73. The minimum absolute atomic E-state index is 0.210. The Morgan fingerprint density at radius 3 is 2.43 bits per heavy atom. The number of halogens is 1. The Labute approximate surface area is 170 Å². The molecule has 1 aliphatic rings. The molecule has 28 heavy (non-hydrogen) atoms. The van der Waals surface area contributed by atoms with Crippen LogP contribution in [0.1, 0.15) is 12.5 Å². The molecule has 3 amide bonds. The summed E-state index contributed by atoms with van der Waals surface area (Å²) < 4.78 is 0. The highest BCUT2D eigenvalue weighted by Gasteiger charge is 2.24. The lowest BCUT2D eigenvalue weighted by Crippen LogP contribution is -2.55. The summed E-state index contributed by atoms with van der Waals surface area (Å²) in [6.07, 6.45) is 0. The molecule has 1 heterocycles. The van der Waals surface area contributed by atoms with E-state index in [1.807, 2.05) is 30.3 Å². The van der Waals surface area contributed by atoms with Gasteiger partial charge in [0.15, 0.2) is 0 Å². The molecule has 2 aromatic carbocycles. The molecule has 0 aromatic heterocycles. The molecule has 2 N–H and O–H groups in total. The molecule has 0 aliphatic carbocycles. The van der Waals surface area contributed by atoms with Gasteiger partial charge in [0, 0.05) is 43.4 Å². The van der Waals surface area contributed by atoms with E-state index in [9.17, 15) is 9.59 Å². The van der Waals surface area contributed by atoms with Crippen LogP contribution >= 0.6 is 11.6 Å². The SMILES string of the molecule is C[C@@H](NC(=O)N1CCN(c2ccccc2)CC1)C(=O)NCc1cccc(Cl)c1. The number of anilines is 1. The second-order valence-corrected chi connectivity index (χ2v) is 7.26. The van der Waals surface area contributed by atoms with Gasteiger partial charge in [0.25, 0.3) is 0 Å². The first-order chi connectivity index (χ1) is 13.5. The molecule has 1 atom stereocenters. The molecule has 2 aromatic rings. The van der Waals surface area contributed by atoms with E-state index < -0.39 is 6.04 Å². The average Bonchev–Trinajstić information content (AvgIpc) is 2.72. The summed E-state index contributed by atoms with van der Waals surface area (Å²) in [4.78, 5) is 28.7. The monoisotopic (exact) mass is 400 g/mol. The summed E-state index contributed by atoms with van der Waals surface area (Å²) in [6, 6.07) is 16.7. The van der Waals surface area contributed by atoms with Crippen molar-refractivity contribution >= 4 is 29.2 Å². The number of carbonyl (C=O) groups is 2. The highest BCUT2D eigenvalue weighted by atomic mass is 35.5. The Morgan fingerprint density at radius 1 is 1.04 bits per heavy atom. The van der Waals surface area contributed by atoms with Gasteiger partial charge in [0.1, 0.15) is 6.04 Å². The number of benzene rings is 2. The normalized spacial score (nSPS) is 15.1. The van der Waals surface area contributed by atoms with Crippen molar-refractivity contribution in [3.8, 4) is 0 Å². The molecule has 0 saturated carbocycles. The number of nitrogens with zero attached hydrogens (tertiary/aromatic N) is 2. The fourth-order valence-corrected chi connectivity index (χ4v) is 3.35. The van der Waals surface area contributed by atoms with Crippen LogP contribution in [-0.2, 0) is 11.3 Å². The van der Waals surface area contributed by atoms with E-state index in [0.717, 1.165) is 24.3 Å². The van der Waals surface area contributed by atoms with E-state index in [2.05, 4.69) is 27.7 Å². The Kier molecular flexibility index (Phi) is 6.76. The molecule has 1 saturated heterocycles. The number of amides is 3. The van der Waals surface area contributed by atoms with E-state index in [0.29, 0.717) is 24.7 Å². The van der Waals surface area contributed by atoms with Crippen LogP contribution in [0.2, 0.25) is 5.02 Å². The molecule has 0 spiro atoms. The number of urea groups is 1. The van der Waals surface area contributed by atoms with Crippen LogP contribution in [0.3, 0.4) is 0 Å². The second kappa shape index (κ2) is 9.46. The minimum Gasteiger partial charge on any atom is -0.368 e. The summed E-state index contributed by atoms with van der Waals surface area (Å²) in [5, 5.41) is 6.23. The Balaban J connectivity index is 1.43. The first-order valence-electron chi connectivity index (χ1n) is 9.40. The van der Waals surface area contributed by atoms with Crippen LogP contribution < -0.4 is 15.5 Å². The number of carbonyl (C=O) groups excluding carboxylic acids is 2. The van der Waals surface area contributed by atoms with Crippen molar-refractivity contribution in [2.45, 2.75) is 19.5 Å². The number of para-hydroxylation sites is 1. The molecule has 1 fully saturated rings. The van der Waals surface area contributed by atoms with Crippen molar-refractivity contribution in [3.63, 3.8) is 0 Å². The van der Waals surface area contributed by atoms with Crippen LogP contribution in [0.25, 0.3) is 0 Å². The van der Waals surface area contributed by atoms with Crippen LogP contribution in [0, 0.1) is 0 Å². The number of rotatable bonds is 5. The van der Waals surface area contributed by atoms with Gasteiger partial charge in [0.05, 0.1) is 0 Å². The summed E-state index contributed by atoms with van der Waals surface area (Å²) >= 11 is 5.95. The molecular weight excluding hydrogens is 376 g/mol. The van der Waals surface area contributed by atoms with Crippen molar-refractivity contribution < 1.29 is 9.59 Å². The lowest BCUT2D eigenvalue weighted by molar-refractivity contribution is -0.122. The zero-order valence-corrected chi connectivity index (χ0v) is 16.7. The van der Waals surface area contributed by atoms with Crippen molar-refractivity contribution in [2.24, 2.45) is 0 Å². The largest absolute Gasteiger partial charge is 0.368 e. The first kappa shape index (κ1) is 20.0. The van der Waals surface area contributed by atoms with Crippen molar-refractivity contribution in [1.82, 2.24) is 15.5 Å². The molecule has 7 heteroatoms. The average molecular weight is 401 g/mol. The molecular formula is C21H25ClN4O2. The summed E-state index contributed by atoms with van der Waals surface area (Å²) in [5.74, 6) is -0.226. The fourth-order valence-electron chi connectivity index (χ4n) is 3.14. The summed E-state index contributed by atoms with van der Waals surface area (Å²) in [7, 11) is 0. The van der Waals surface area contributed by atoms with Gasteiger partial charge >= 0.3 is 6.03 Å². The number of nitrogens with one attached hydrogen (secondary N) is 2. The smallest absolute Gasteiger partial charge is 0.318 e. The Morgan fingerprint density at radius 2 is 1.75 bits per heavy atom. The van der Waals surface area contributed by atoms with Gasteiger partial charge in [-0.05, 0) is 36.8 Å². The Bertz CT molecular complexity index is 807. The number of piperazine rings is 1. The molecule has 3 rings (SSSR count). The highest BCUT2D eigenvalue weighted by molar-refractivity contribution is 6.30. The zero-order valence-electron chi connectivity index (χ0n) is 15.9. The standard InChI is InChI=1S/C21H25ClN4O2/c1-16(20(27)23-15-17-6-5-7-18(22)14-17)24-21(28)26-12-10-25(11-13-26)19-8-3-2-4-9-19/h2-9,14,16H,10-13,15H2,1H3,(H,23,27)(H,24,28)/t16-/m1/s1. The number of hydrogen-bond acceptors (Lipinski definition) is 3. The van der Waals surface area contributed by atoms with Gasteiger partial charge in [-0.1, -0.05) is 41.9 Å². The third kappa shape index (κ3) is 5.39. The molecule has 0 bridgehead atoms. The van der Waals surface area contributed by atoms with E-state index in [1.165, 1.54) is 0 Å². The second-order valence-electron chi connectivity index (χ2n) is 6.83. The van der Waals surface area contributed by atoms with E-state index in [4.69, 9.17) is 11.6 Å². The van der Waals surface area contributed by atoms with E-state index in [-0.39, 0.29) is 11.9 Å². The summed E-state index contributed by atoms with van der Waals surface area (Å²) in [5.41, 5.74) is 2.08. The summed E-state index contributed by atoms with van der Waals surface area (Å²) in [6.45, 7) is 4.84. The minimum atomic E-state index is -0.612. The highest BCUT2D eigenvalue weighted by Crippen LogP contribution is 2.15. The van der Waals surface area contributed by atoms with Crippen LogP contribution in [0.5, 0.6) is 0 Å². The van der Waals surface area contributed by atoms with E-state index >= 15 is 0 Å². The zero-order chi connectivity index (χ0) is 19.9. The lowest BCUT2D eigenvalue weighted by atomic mass is 10.2. The van der Waals surface area contributed by atoms with Gasteiger partial charge in [-0.15, -0.1) is 0 Å². The topological polar surface area (TPSA) is 64.7 Å². The first-order valence-corrected chi connectivity index (χ1v) is 9.78. The van der Waals surface area contributed by atoms with Gasteiger partial charge in [-0.25, -0.2) is 4.79 Å². The van der Waals surface area contributed by atoms with E-state index in [1.54, 1.807) is 24.0 Å². The quantitative estimate of drug-likeness (QED) is 0.811. The van der Waals surface area contributed by atoms with Crippen LogP contribution in [0.4, 0.5) is 10.5 Å². The maximum absolute atomic E-state index is 12.5. The van der Waals surface area contributed by atoms with Gasteiger partial charge in [-0.3, -0.25) is 4.79 Å². The van der Waals surface area contributed by atoms with Crippen molar-refractivity contribution in [1.29, 1.82) is 0 Å². The van der Waals surface area contributed by atoms with Crippen LogP contribution in [0.15, 0.2) is 54.6 Å². The fraction of sp³-hybridized carbons (Fsp3) is 0.333. The molecule has 0 radical (unpaired) electrons. The lowest BCUT2D eigenvalue weighted by Gasteiger charge is -2.36. The molecule has 1 aliphatic heterocycles.